The number of aryl methyl sites for hydroxylation is 3. The third-order valence-corrected chi connectivity index (χ3v) is 8.27. The van der Waals surface area contributed by atoms with Gasteiger partial charge in [0.15, 0.2) is 5.13 Å². The van der Waals surface area contributed by atoms with E-state index in [1.807, 2.05) is 0 Å². The van der Waals surface area contributed by atoms with Gasteiger partial charge in [-0.25, -0.2) is 4.98 Å². The molecule has 0 radical (unpaired) electrons. The Kier molecular flexibility index (Phi) is 6.04. The predicted molar refractivity (Wildman–Crippen MR) is 139 cm³/mol. The fraction of sp³-hybridized carbons (Fsp3) is 0.481. The molecule has 2 fully saturated rings. The Bertz CT molecular complexity index is 1160. The second-order valence-electron chi connectivity index (χ2n) is 9.85. The van der Waals surface area contributed by atoms with Gasteiger partial charge in [-0.15, -0.1) is 0 Å². The van der Waals surface area contributed by atoms with Crippen LogP contribution < -0.4 is 9.80 Å². The van der Waals surface area contributed by atoms with E-state index in [-0.39, 0.29) is 5.92 Å². The molecule has 0 spiro atoms. The van der Waals surface area contributed by atoms with Crippen LogP contribution in [0.25, 0.3) is 10.2 Å². The summed E-state index contributed by atoms with van der Waals surface area (Å²) in [6, 6.07) is 13.5. The number of hydrogen-bond acceptors (Lipinski definition) is 5. The smallest absolute Gasteiger partial charge is 0.225 e. The van der Waals surface area contributed by atoms with Crippen LogP contribution in [0.1, 0.15) is 36.5 Å². The summed E-state index contributed by atoms with van der Waals surface area (Å²) in [7, 11) is 0. The SMILES string of the molecule is Cc1cccc(N2CCN(C(=O)C3CCN(c4nc5c(C)cc(C)cc5s4)CC3)C[C@@H]2C)c1. The molecule has 6 heteroatoms. The van der Waals surface area contributed by atoms with Crippen LogP contribution in [0.3, 0.4) is 0 Å². The van der Waals surface area contributed by atoms with Crippen LogP contribution in [0.2, 0.25) is 0 Å². The number of carbonyl (C=O) groups excluding carboxylic acids is 1. The summed E-state index contributed by atoms with van der Waals surface area (Å²) < 4.78 is 1.26. The average molecular weight is 463 g/mol. The number of piperazine rings is 1. The van der Waals surface area contributed by atoms with Crippen LogP contribution in [-0.2, 0) is 4.79 Å². The van der Waals surface area contributed by atoms with E-state index in [4.69, 9.17) is 4.98 Å². The molecule has 0 saturated carbocycles. The monoisotopic (exact) mass is 462 g/mol. The van der Waals surface area contributed by atoms with E-state index in [1.54, 1.807) is 11.3 Å². The van der Waals surface area contributed by atoms with Gasteiger partial charge in [-0.3, -0.25) is 4.79 Å². The molecule has 2 aliphatic rings. The van der Waals surface area contributed by atoms with E-state index in [2.05, 4.69) is 78.8 Å². The minimum absolute atomic E-state index is 0.136. The molecule has 1 aromatic heterocycles. The third kappa shape index (κ3) is 4.45. The Labute approximate surface area is 201 Å². The van der Waals surface area contributed by atoms with E-state index in [0.29, 0.717) is 11.9 Å². The number of piperidine rings is 1. The normalized spacial score (nSPS) is 20.0. The van der Waals surface area contributed by atoms with Crippen LogP contribution in [-0.4, -0.2) is 54.6 Å². The van der Waals surface area contributed by atoms with Crippen molar-refractivity contribution in [3.8, 4) is 0 Å². The number of anilines is 2. The Hall–Kier alpha value is -2.60. The topological polar surface area (TPSA) is 39.7 Å². The molecule has 2 aromatic carbocycles. The van der Waals surface area contributed by atoms with E-state index < -0.39 is 0 Å². The molecule has 1 amide bonds. The molecule has 2 saturated heterocycles. The molecular formula is C27H34N4OS. The minimum Gasteiger partial charge on any atom is -0.365 e. The maximum atomic E-state index is 13.3. The highest BCUT2D eigenvalue weighted by Gasteiger charge is 2.33. The zero-order chi connectivity index (χ0) is 23.1. The van der Waals surface area contributed by atoms with Gasteiger partial charge in [0.1, 0.15) is 0 Å². The highest BCUT2D eigenvalue weighted by molar-refractivity contribution is 7.22. The number of hydrogen-bond donors (Lipinski definition) is 0. The molecule has 2 aliphatic heterocycles. The van der Waals surface area contributed by atoms with Crippen LogP contribution >= 0.6 is 11.3 Å². The zero-order valence-corrected chi connectivity index (χ0v) is 21.0. The summed E-state index contributed by atoms with van der Waals surface area (Å²) in [6.45, 7) is 13.0. The molecule has 3 aromatic rings. The van der Waals surface area contributed by atoms with Crippen molar-refractivity contribution in [3.63, 3.8) is 0 Å². The maximum Gasteiger partial charge on any atom is 0.225 e. The number of nitrogens with zero attached hydrogens (tertiary/aromatic N) is 4. The van der Waals surface area contributed by atoms with Crippen molar-refractivity contribution >= 4 is 38.3 Å². The van der Waals surface area contributed by atoms with E-state index in [9.17, 15) is 4.79 Å². The molecule has 33 heavy (non-hydrogen) atoms. The first-order valence-corrected chi connectivity index (χ1v) is 13.0. The van der Waals surface area contributed by atoms with Gasteiger partial charge < -0.3 is 14.7 Å². The van der Waals surface area contributed by atoms with Crippen molar-refractivity contribution < 1.29 is 4.79 Å². The maximum absolute atomic E-state index is 13.3. The summed E-state index contributed by atoms with van der Waals surface area (Å²) in [5, 5.41) is 1.10. The summed E-state index contributed by atoms with van der Waals surface area (Å²) in [4.78, 5) is 25.2. The van der Waals surface area contributed by atoms with Gasteiger partial charge in [-0.2, -0.15) is 0 Å². The van der Waals surface area contributed by atoms with E-state index in [0.717, 1.165) is 56.2 Å². The Morgan fingerprint density at radius 2 is 1.79 bits per heavy atom. The van der Waals surface area contributed by atoms with Crippen LogP contribution in [0.15, 0.2) is 36.4 Å². The largest absolute Gasteiger partial charge is 0.365 e. The molecule has 3 heterocycles. The lowest BCUT2D eigenvalue weighted by Gasteiger charge is -2.43. The lowest BCUT2D eigenvalue weighted by atomic mass is 9.95. The summed E-state index contributed by atoms with van der Waals surface area (Å²) in [5.74, 6) is 0.485. The molecule has 0 N–H and O–H groups in total. The van der Waals surface area contributed by atoms with Crippen molar-refractivity contribution in [1.29, 1.82) is 0 Å². The Morgan fingerprint density at radius 3 is 2.52 bits per heavy atom. The van der Waals surface area contributed by atoms with Crippen molar-refractivity contribution in [1.82, 2.24) is 9.88 Å². The highest BCUT2D eigenvalue weighted by Crippen LogP contribution is 2.34. The minimum atomic E-state index is 0.136. The Morgan fingerprint density at radius 1 is 1.00 bits per heavy atom. The number of fused-ring (bicyclic) bond motifs is 1. The molecule has 5 rings (SSSR count). The van der Waals surface area contributed by atoms with Crippen molar-refractivity contribution in [2.45, 2.75) is 46.6 Å². The van der Waals surface area contributed by atoms with Crippen molar-refractivity contribution in [2.75, 3.05) is 42.5 Å². The van der Waals surface area contributed by atoms with Gasteiger partial charge in [-0.1, -0.05) is 29.5 Å². The highest BCUT2D eigenvalue weighted by atomic mass is 32.1. The molecular weight excluding hydrogens is 428 g/mol. The first-order chi connectivity index (χ1) is 15.9. The summed E-state index contributed by atoms with van der Waals surface area (Å²) in [5.41, 5.74) is 6.21. The number of rotatable bonds is 3. The summed E-state index contributed by atoms with van der Waals surface area (Å²) in [6.07, 6.45) is 1.83. The quantitative estimate of drug-likeness (QED) is 0.538. The number of amides is 1. The van der Waals surface area contributed by atoms with Crippen molar-refractivity contribution in [3.05, 3.63) is 53.1 Å². The fourth-order valence-corrected chi connectivity index (χ4v) is 6.61. The van der Waals surface area contributed by atoms with Crippen LogP contribution in [0.4, 0.5) is 10.8 Å². The van der Waals surface area contributed by atoms with Gasteiger partial charge in [0.2, 0.25) is 5.91 Å². The zero-order valence-electron chi connectivity index (χ0n) is 20.2. The third-order valence-electron chi connectivity index (χ3n) is 7.21. The number of thiazole rings is 1. The van der Waals surface area contributed by atoms with Gasteiger partial charge in [0.05, 0.1) is 10.2 Å². The lowest BCUT2D eigenvalue weighted by Crippen LogP contribution is -2.55. The average Bonchev–Trinajstić information content (AvgIpc) is 3.23. The molecule has 1 atom stereocenters. The van der Waals surface area contributed by atoms with Gasteiger partial charge in [0, 0.05) is 50.4 Å². The number of aromatic nitrogens is 1. The molecule has 0 bridgehead atoms. The molecule has 0 aliphatic carbocycles. The molecule has 0 unspecified atom stereocenters. The van der Waals surface area contributed by atoms with Crippen LogP contribution in [0.5, 0.6) is 0 Å². The first-order valence-electron chi connectivity index (χ1n) is 12.1. The standard InChI is InChI=1S/C27H34N4OS/c1-18-6-5-7-23(15-18)31-13-12-30(17-21(31)4)26(32)22-8-10-29(11-9-22)27-28-25-20(3)14-19(2)16-24(25)33-27/h5-7,14-16,21-22H,8-13,17H2,1-4H3/t21-/m0/s1. The Balaban J connectivity index is 1.19. The second kappa shape index (κ2) is 8.98. The van der Waals surface area contributed by atoms with E-state index >= 15 is 0 Å². The van der Waals surface area contributed by atoms with Gasteiger partial charge >= 0.3 is 0 Å². The molecule has 174 valence electrons. The summed E-state index contributed by atoms with van der Waals surface area (Å²) >= 11 is 1.78. The van der Waals surface area contributed by atoms with Gasteiger partial charge in [-0.05, 0) is 75.4 Å². The molecule has 5 nitrogen and oxygen atoms in total. The number of benzene rings is 2. The second-order valence-corrected chi connectivity index (χ2v) is 10.9. The van der Waals surface area contributed by atoms with Crippen molar-refractivity contribution in [2.24, 2.45) is 5.92 Å². The van der Waals surface area contributed by atoms with Gasteiger partial charge in [0.25, 0.3) is 0 Å². The van der Waals surface area contributed by atoms with Crippen LogP contribution in [0, 0.1) is 26.7 Å². The predicted octanol–water partition coefficient (Wildman–Crippen LogP) is 5.18. The fourth-order valence-electron chi connectivity index (χ4n) is 5.42. The first kappa shape index (κ1) is 22.2. The number of carbonyl (C=O) groups is 1. The van der Waals surface area contributed by atoms with E-state index in [1.165, 1.54) is 27.1 Å². The lowest BCUT2D eigenvalue weighted by molar-refractivity contribution is -0.137.